The maximum Gasteiger partial charge on any atom is 0.0227 e. The van der Waals surface area contributed by atoms with Crippen LogP contribution >= 0.6 is 0 Å². The van der Waals surface area contributed by atoms with Crippen molar-refractivity contribution in [2.24, 2.45) is 0 Å². The van der Waals surface area contributed by atoms with Crippen LogP contribution in [0.4, 0.5) is 0 Å². The van der Waals surface area contributed by atoms with E-state index in [2.05, 4.69) is 42.5 Å². The van der Waals surface area contributed by atoms with Crippen LogP contribution in [0.5, 0.6) is 0 Å². The molecule has 0 aliphatic rings. The van der Waals surface area contributed by atoms with Gasteiger partial charge in [-0.2, -0.15) is 0 Å². The maximum absolute atomic E-state index is 2.28. The summed E-state index contributed by atoms with van der Waals surface area (Å²) in [5.74, 6) is 0. The van der Waals surface area contributed by atoms with Crippen LogP contribution < -0.4 is 0 Å². The van der Waals surface area contributed by atoms with Gasteiger partial charge in [0.25, 0.3) is 0 Å². The summed E-state index contributed by atoms with van der Waals surface area (Å²) in [7, 11) is 4.65. The molecule has 0 unspecified atom stereocenters. The fourth-order valence-electron chi connectivity index (χ4n) is 0.949. The molecule has 54 valence electrons. The molecule has 0 atom stereocenters. The molecule has 0 bridgehead atoms. The van der Waals surface area contributed by atoms with E-state index < -0.39 is 0 Å². The van der Waals surface area contributed by atoms with Gasteiger partial charge in [0.15, 0.2) is 0 Å². The summed E-state index contributed by atoms with van der Waals surface area (Å²) in [5.41, 5.74) is 5.97. The third kappa shape index (κ3) is 2.41. The molecule has 1 nitrogen and oxygen atoms in total. The summed E-state index contributed by atoms with van der Waals surface area (Å²) in [6, 6.07) is 4.46. The molecule has 0 aliphatic heterocycles. The minimum atomic E-state index is 0.463. The third-order valence-corrected chi connectivity index (χ3v) is 2.17. The average molecular weight is 151 g/mol. The second-order valence-corrected chi connectivity index (χ2v) is 3.88. The van der Waals surface area contributed by atoms with E-state index >= 15 is 0 Å². The van der Waals surface area contributed by atoms with Crippen LogP contribution in [-0.4, -0.2) is 28.1 Å². The molecule has 0 spiro atoms. The lowest BCUT2D eigenvalue weighted by atomic mass is 10.3. The van der Waals surface area contributed by atoms with E-state index in [1.807, 2.05) is 0 Å². The molecule has 1 heterocycles. The van der Waals surface area contributed by atoms with Crippen LogP contribution in [-0.2, 0) is 6.54 Å². The highest BCUT2D eigenvalue weighted by Crippen LogP contribution is 1.97. The lowest BCUT2D eigenvalue weighted by molar-refractivity contribution is 0.402. The SMILES string of the molecule is CN(C)Cc1cc[siH]cc1. The smallest absolute Gasteiger partial charge is 0.0227 e. The van der Waals surface area contributed by atoms with Gasteiger partial charge in [-0.3, -0.25) is 0 Å². The monoisotopic (exact) mass is 151 g/mol. The highest BCUT2D eigenvalue weighted by atomic mass is 28.2. The first kappa shape index (κ1) is 7.63. The molecule has 1 rings (SSSR count). The summed E-state index contributed by atoms with van der Waals surface area (Å²) in [6.45, 7) is 1.06. The minimum absolute atomic E-state index is 0.463. The topological polar surface area (TPSA) is 3.24 Å². The number of nitrogens with zero attached hydrogens (tertiary/aromatic N) is 1. The van der Waals surface area contributed by atoms with Crippen molar-refractivity contribution >= 4 is 9.12 Å². The Kier molecular flexibility index (Phi) is 2.77. The second kappa shape index (κ2) is 3.64. The van der Waals surface area contributed by atoms with Crippen LogP contribution in [0.2, 0.25) is 0 Å². The molecule has 0 saturated heterocycles. The minimum Gasteiger partial charge on any atom is -0.305 e. The Morgan fingerprint density at radius 3 is 2.40 bits per heavy atom. The molecule has 1 aromatic rings. The molecule has 10 heavy (non-hydrogen) atoms. The van der Waals surface area contributed by atoms with Gasteiger partial charge in [0.1, 0.15) is 0 Å². The standard InChI is InChI=1S/C8H13NSi/c1-9(2)7-8-3-5-10-6-4-8/h3-6,10H,7H2,1-2H3. The summed E-state index contributed by atoms with van der Waals surface area (Å²) >= 11 is 0. The second-order valence-electron chi connectivity index (χ2n) is 2.72. The molecular formula is C8H13NSi. The van der Waals surface area contributed by atoms with Crippen LogP contribution in [0.15, 0.2) is 23.5 Å². The molecule has 0 fully saturated rings. The van der Waals surface area contributed by atoms with Crippen LogP contribution in [0.3, 0.4) is 0 Å². The van der Waals surface area contributed by atoms with Gasteiger partial charge < -0.3 is 4.90 Å². The predicted octanol–water partition coefficient (Wildman–Crippen LogP) is 0.819. The first-order valence-electron chi connectivity index (χ1n) is 3.47. The predicted molar refractivity (Wildman–Crippen MR) is 46.6 cm³/mol. The molecule has 0 radical (unpaired) electrons. The van der Waals surface area contributed by atoms with E-state index in [0.717, 1.165) is 6.54 Å². The fraction of sp³-hybridized carbons (Fsp3) is 0.375. The lowest BCUT2D eigenvalue weighted by Gasteiger charge is -2.08. The average Bonchev–Trinajstić information content (AvgIpc) is 1.88. The zero-order valence-electron chi connectivity index (χ0n) is 6.54. The van der Waals surface area contributed by atoms with Gasteiger partial charge in [-0.05, 0) is 19.7 Å². The van der Waals surface area contributed by atoms with Gasteiger partial charge >= 0.3 is 0 Å². The Balaban J connectivity index is 2.59. The zero-order chi connectivity index (χ0) is 7.40. The molecule has 2 heteroatoms. The molecule has 0 amide bonds. The van der Waals surface area contributed by atoms with Crippen molar-refractivity contribution in [2.45, 2.75) is 6.54 Å². The quantitative estimate of drug-likeness (QED) is 0.566. The summed E-state index contributed by atoms with van der Waals surface area (Å²) in [4.78, 5) is 2.19. The first-order valence-corrected chi connectivity index (χ1v) is 4.81. The van der Waals surface area contributed by atoms with Crippen molar-refractivity contribution < 1.29 is 0 Å². The van der Waals surface area contributed by atoms with Gasteiger partial charge in [0, 0.05) is 15.7 Å². The largest absolute Gasteiger partial charge is 0.305 e. The van der Waals surface area contributed by atoms with E-state index in [9.17, 15) is 0 Å². The van der Waals surface area contributed by atoms with Crippen molar-refractivity contribution in [1.82, 2.24) is 4.90 Å². The first-order chi connectivity index (χ1) is 4.79. The Hall–Kier alpha value is -0.473. The van der Waals surface area contributed by atoms with Gasteiger partial charge in [-0.15, -0.1) is 0 Å². The highest BCUT2D eigenvalue weighted by molar-refractivity contribution is 6.26. The van der Waals surface area contributed by atoms with E-state index in [1.165, 1.54) is 5.56 Å². The van der Waals surface area contributed by atoms with Crippen molar-refractivity contribution in [3.8, 4) is 0 Å². The Bertz CT molecular complexity index is 184. The highest BCUT2D eigenvalue weighted by Gasteiger charge is 1.90. The molecule has 0 saturated carbocycles. The van der Waals surface area contributed by atoms with Crippen molar-refractivity contribution in [1.29, 1.82) is 0 Å². The fourth-order valence-corrected chi connectivity index (χ4v) is 1.79. The maximum atomic E-state index is 2.28. The van der Waals surface area contributed by atoms with Crippen molar-refractivity contribution in [2.75, 3.05) is 14.1 Å². The third-order valence-electron chi connectivity index (χ3n) is 1.34. The van der Waals surface area contributed by atoms with E-state index in [4.69, 9.17) is 0 Å². The van der Waals surface area contributed by atoms with Crippen LogP contribution in [0.1, 0.15) is 5.56 Å². The van der Waals surface area contributed by atoms with Crippen LogP contribution in [0.25, 0.3) is 0 Å². The summed E-state index contributed by atoms with van der Waals surface area (Å²) < 4.78 is 0. The zero-order valence-corrected chi connectivity index (χ0v) is 7.70. The van der Waals surface area contributed by atoms with E-state index in [0.29, 0.717) is 9.12 Å². The van der Waals surface area contributed by atoms with Crippen molar-refractivity contribution in [3.63, 3.8) is 0 Å². The Morgan fingerprint density at radius 1 is 1.30 bits per heavy atom. The lowest BCUT2D eigenvalue weighted by Crippen LogP contribution is -2.10. The van der Waals surface area contributed by atoms with Crippen LogP contribution in [0, 0.1) is 0 Å². The Labute approximate surface area is 64.4 Å². The molecule has 0 N–H and O–H groups in total. The number of hydrogen-bond donors (Lipinski definition) is 0. The molecular weight excluding hydrogens is 138 g/mol. The van der Waals surface area contributed by atoms with Gasteiger partial charge in [0.2, 0.25) is 0 Å². The Morgan fingerprint density at radius 2 is 1.90 bits per heavy atom. The molecule has 0 aliphatic carbocycles. The number of rotatable bonds is 2. The molecule has 0 aromatic carbocycles. The van der Waals surface area contributed by atoms with E-state index in [1.54, 1.807) is 0 Å². The van der Waals surface area contributed by atoms with Crippen molar-refractivity contribution in [3.05, 3.63) is 29.1 Å². The summed E-state index contributed by atoms with van der Waals surface area (Å²) in [6.07, 6.45) is 0. The van der Waals surface area contributed by atoms with Gasteiger partial charge in [0.05, 0.1) is 0 Å². The van der Waals surface area contributed by atoms with E-state index in [-0.39, 0.29) is 0 Å². The normalized spacial score (nSPS) is 10.3. The molecule has 1 aromatic heterocycles. The van der Waals surface area contributed by atoms with Gasteiger partial charge in [-0.1, -0.05) is 23.5 Å². The number of hydrogen-bond acceptors (Lipinski definition) is 1. The van der Waals surface area contributed by atoms with Gasteiger partial charge in [-0.25, -0.2) is 0 Å². The summed E-state index contributed by atoms with van der Waals surface area (Å²) in [5, 5.41) is 0.